The predicted molar refractivity (Wildman–Crippen MR) is 175 cm³/mol. The number of fused-ring (bicyclic) bond motifs is 1. The number of carboxylic acid groups (broad SMARTS) is 1. The number of amidine groups is 1. The summed E-state index contributed by atoms with van der Waals surface area (Å²) in [6.07, 6.45) is 1.36. The van der Waals surface area contributed by atoms with Gasteiger partial charge in [-0.3, -0.25) is 24.5 Å². The number of hydrogen-bond acceptors (Lipinski definition) is 8. The minimum Gasteiger partial charge on any atom is -0.481 e. The minimum absolute atomic E-state index is 0.00300. The van der Waals surface area contributed by atoms with Crippen LogP contribution in [0, 0.1) is 12.3 Å². The standard InChI is InChI=1S/C25H25N7O3.C7H8O3S/c1-31-20-10-7-17(25(35)32(13-11-23(33)34)21-4-2-3-12-28-21)14-19(20)30-22(31)15-29-18-8-5-16(6-9-18)24(26)27;1-6-2-4-7(5-3-6)11(8,9)10/h2-10,12,14,29H,11,13,15H2,1H3,(H3,26,27)(H,33,34);2-5H,1H3,(H,8,9,10). The Morgan fingerprint density at radius 1 is 1.00 bits per heavy atom. The lowest BCUT2D eigenvalue weighted by Gasteiger charge is -2.21. The van der Waals surface area contributed by atoms with Crippen LogP contribution < -0.4 is 16.0 Å². The molecule has 0 saturated carbocycles. The summed E-state index contributed by atoms with van der Waals surface area (Å²) in [5, 5.41) is 19.9. The van der Waals surface area contributed by atoms with Crippen LogP contribution >= 0.6 is 0 Å². The number of anilines is 2. The number of rotatable bonds is 10. The molecule has 0 bridgehead atoms. The Morgan fingerprint density at radius 2 is 1.67 bits per heavy atom. The van der Waals surface area contributed by atoms with Gasteiger partial charge in [0.15, 0.2) is 0 Å². The Bertz CT molecular complexity index is 1960. The zero-order valence-corrected chi connectivity index (χ0v) is 25.9. The molecule has 2 aromatic heterocycles. The van der Waals surface area contributed by atoms with Gasteiger partial charge in [-0.2, -0.15) is 8.42 Å². The van der Waals surface area contributed by atoms with Crippen molar-refractivity contribution in [3.63, 3.8) is 0 Å². The number of nitrogens with one attached hydrogen (secondary N) is 2. The maximum Gasteiger partial charge on any atom is 0.305 e. The van der Waals surface area contributed by atoms with E-state index < -0.39 is 16.1 Å². The van der Waals surface area contributed by atoms with E-state index in [9.17, 15) is 18.0 Å². The van der Waals surface area contributed by atoms with Gasteiger partial charge in [-0.05, 0) is 73.7 Å². The summed E-state index contributed by atoms with van der Waals surface area (Å²) in [5.74, 6) is -0.162. The van der Waals surface area contributed by atoms with Gasteiger partial charge in [-0.1, -0.05) is 23.8 Å². The number of aryl methyl sites for hydroxylation is 2. The fourth-order valence-electron chi connectivity index (χ4n) is 4.40. The van der Waals surface area contributed by atoms with E-state index in [1.807, 2.05) is 36.7 Å². The molecule has 2 heterocycles. The zero-order chi connectivity index (χ0) is 33.4. The smallest absolute Gasteiger partial charge is 0.305 e. The van der Waals surface area contributed by atoms with Gasteiger partial charge < -0.3 is 20.7 Å². The molecule has 0 aliphatic heterocycles. The van der Waals surface area contributed by atoms with Gasteiger partial charge in [0.25, 0.3) is 16.0 Å². The number of hydrogen-bond donors (Lipinski definition) is 5. The van der Waals surface area contributed by atoms with E-state index >= 15 is 0 Å². The Morgan fingerprint density at radius 3 is 2.26 bits per heavy atom. The lowest BCUT2D eigenvalue weighted by Crippen LogP contribution is -2.33. The van der Waals surface area contributed by atoms with Crippen molar-refractivity contribution >= 4 is 50.4 Å². The largest absolute Gasteiger partial charge is 0.481 e. The monoisotopic (exact) mass is 643 g/mol. The number of aliphatic carboxylic acids is 1. The highest BCUT2D eigenvalue weighted by Gasteiger charge is 2.21. The first-order valence-corrected chi connectivity index (χ1v) is 15.4. The molecule has 13 nitrogen and oxygen atoms in total. The van der Waals surface area contributed by atoms with Crippen LogP contribution in [0.25, 0.3) is 11.0 Å². The number of carboxylic acids is 1. The Balaban J connectivity index is 0.000000369. The molecule has 6 N–H and O–H groups in total. The third-order valence-corrected chi connectivity index (χ3v) is 7.77. The molecule has 5 aromatic rings. The number of nitrogens with two attached hydrogens (primary N) is 1. The van der Waals surface area contributed by atoms with Crippen LogP contribution in [0.15, 0.2) is 96.0 Å². The molecule has 1 amide bonds. The molecule has 0 fully saturated rings. The average Bonchev–Trinajstić information content (AvgIpc) is 3.35. The number of imidazole rings is 1. The van der Waals surface area contributed by atoms with Gasteiger partial charge >= 0.3 is 5.97 Å². The first-order valence-electron chi connectivity index (χ1n) is 14.0. The van der Waals surface area contributed by atoms with Crippen molar-refractivity contribution < 1.29 is 27.7 Å². The van der Waals surface area contributed by atoms with Crippen molar-refractivity contribution in [1.29, 1.82) is 5.41 Å². The summed E-state index contributed by atoms with van der Waals surface area (Å²) >= 11 is 0. The Kier molecular flexibility index (Phi) is 10.5. The predicted octanol–water partition coefficient (Wildman–Crippen LogP) is 4.23. The van der Waals surface area contributed by atoms with Gasteiger partial charge in [-0.25, -0.2) is 9.97 Å². The number of pyridine rings is 1. The van der Waals surface area contributed by atoms with Crippen LogP contribution in [-0.4, -0.2) is 56.9 Å². The van der Waals surface area contributed by atoms with Gasteiger partial charge in [0.05, 0.1) is 28.9 Å². The molecule has 238 valence electrons. The molecule has 0 spiro atoms. The van der Waals surface area contributed by atoms with E-state index in [2.05, 4.69) is 15.3 Å². The Hall–Kier alpha value is -5.60. The van der Waals surface area contributed by atoms with Crippen molar-refractivity contribution in [1.82, 2.24) is 14.5 Å². The number of nitrogens with zero attached hydrogens (tertiary/aromatic N) is 4. The number of amides is 1. The summed E-state index contributed by atoms with van der Waals surface area (Å²) in [6, 6.07) is 23.6. The van der Waals surface area contributed by atoms with E-state index in [0.29, 0.717) is 29.0 Å². The second kappa shape index (κ2) is 14.5. The normalized spacial score (nSPS) is 10.9. The topological polar surface area (TPSA) is 205 Å². The first kappa shape index (κ1) is 33.3. The van der Waals surface area contributed by atoms with Gasteiger partial charge in [0.1, 0.15) is 17.5 Å². The highest BCUT2D eigenvalue weighted by atomic mass is 32.2. The fourth-order valence-corrected chi connectivity index (χ4v) is 4.88. The minimum atomic E-state index is -4.02. The molecular formula is C32H33N7O6S. The van der Waals surface area contributed by atoms with E-state index in [0.717, 1.165) is 22.6 Å². The van der Waals surface area contributed by atoms with Gasteiger partial charge in [0, 0.05) is 36.6 Å². The quantitative estimate of drug-likeness (QED) is 0.0832. The number of benzene rings is 3. The molecule has 0 atom stereocenters. The molecule has 0 radical (unpaired) electrons. The number of aromatic nitrogens is 3. The summed E-state index contributed by atoms with van der Waals surface area (Å²) in [5.41, 5.74) is 9.88. The summed E-state index contributed by atoms with van der Waals surface area (Å²) in [7, 11) is -2.12. The Labute approximate surface area is 265 Å². The van der Waals surface area contributed by atoms with E-state index in [1.54, 1.807) is 60.8 Å². The van der Waals surface area contributed by atoms with Gasteiger partial charge in [0.2, 0.25) is 0 Å². The molecule has 5 rings (SSSR count). The number of carbonyl (C=O) groups excluding carboxylic acids is 1. The van der Waals surface area contributed by atoms with E-state index in [1.165, 1.54) is 17.0 Å². The average molecular weight is 644 g/mol. The molecule has 0 aliphatic carbocycles. The maximum absolute atomic E-state index is 13.3. The van der Waals surface area contributed by atoms with Crippen molar-refractivity contribution in [2.24, 2.45) is 12.8 Å². The van der Waals surface area contributed by atoms with Crippen molar-refractivity contribution in [2.45, 2.75) is 24.8 Å². The third-order valence-electron chi connectivity index (χ3n) is 6.91. The van der Waals surface area contributed by atoms with E-state index in [-0.39, 0.29) is 29.6 Å². The zero-order valence-electron chi connectivity index (χ0n) is 25.1. The highest BCUT2D eigenvalue weighted by Crippen LogP contribution is 2.21. The molecule has 14 heteroatoms. The molecule has 0 unspecified atom stereocenters. The summed E-state index contributed by atoms with van der Waals surface area (Å²) < 4.78 is 31.5. The van der Waals surface area contributed by atoms with Crippen molar-refractivity contribution in [3.8, 4) is 0 Å². The molecule has 46 heavy (non-hydrogen) atoms. The number of nitrogen functional groups attached to an aromatic ring is 1. The number of carbonyl (C=O) groups is 2. The lowest BCUT2D eigenvalue weighted by atomic mass is 10.1. The second-order valence-corrected chi connectivity index (χ2v) is 11.6. The van der Waals surface area contributed by atoms with Crippen LogP contribution in [0.1, 0.15) is 33.7 Å². The summed E-state index contributed by atoms with van der Waals surface area (Å²) in [4.78, 5) is 34.6. The SMILES string of the molecule is Cc1ccc(S(=O)(=O)O)cc1.Cn1c(CNc2ccc(C(=N)N)cc2)nc2cc(C(=O)N(CCC(=O)O)c3ccccn3)ccc21. The lowest BCUT2D eigenvalue weighted by molar-refractivity contribution is -0.136. The third kappa shape index (κ3) is 8.52. The van der Waals surface area contributed by atoms with Crippen LogP contribution in [0.2, 0.25) is 0 Å². The van der Waals surface area contributed by atoms with E-state index in [4.69, 9.17) is 20.8 Å². The highest BCUT2D eigenvalue weighted by molar-refractivity contribution is 7.85. The summed E-state index contributed by atoms with van der Waals surface area (Å²) in [6.45, 7) is 2.29. The maximum atomic E-state index is 13.3. The van der Waals surface area contributed by atoms with Crippen LogP contribution in [0.5, 0.6) is 0 Å². The van der Waals surface area contributed by atoms with Crippen LogP contribution in [-0.2, 0) is 28.5 Å². The molecular weight excluding hydrogens is 610 g/mol. The molecule has 0 saturated heterocycles. The van der Waals surface area contributed by atoms with Gasteiger partial charge in [-0.15, -0.1) is 0 Å². The van der Waals surface area contributed by atoms with Crippen LogP contribution in [0.3, 0.4) is 0 Å². The van der Waals surface area contributed by atoms with Crippen molar-refractivity contribution in [2.75, 3.05) is 16.8 Å². The molecule has 0 aliphatic rings. The fraction of sp³-hybridized carbons (Fsp3) is 0.156. The van der Waals surface area contributed by atoms with Crippen LogP contribution in [0.4, 0.5) is 11.5 Å². The second-order valence-electron chi connectivity index (χ2n) is 10.2. The first-order chi connectivity index (χ1) is 21.8. The molecule has 3 aromatic carbocycles. The van der Waals surface area contributed by atoms with Crippen molar-refractivity contribution in [3.05, 3.63) is 114 Å².